The highest BCUT2D eigenvalue weighted by Gasteiger charge is 2.12. The van der Waals surface area contributed by atoms with Crippen molar-refractivity contribution in [3.8, 4) is 0 Å². The van der Waals surface area contributed by atoms with Crippen LogP contribution in [0.3, 0.4) is 0 Å². The SMILES string of the molecule is CCN(CC)c1ncc(C=C(CNC(C)(C)C)C(C)C)s1. The average molecular weight is 310 g/mol. The van der Waals surface area contributed by atoms with Gasteiger partial charge in [-0.15, -0.1) is 0 Å². The Morgan fingerprint density at radius 3 is 2.43 bits per heavy atom. The number of rotatable bonds is 7. The highest BCUT2D eigenvalue weighted by atomic mass is 32.1. The molecule has 1 aromatic rings. The second-order valence-corrected chi connectivity index (χ2v) is 7.74. The molecule has 0 unspecified atom stereocenters. The van der Waals surface area contributed by atoms with Crippen LogP contribution in [-0.2, 0) is 0 Å². The van der Waals surface area contributed by atoms with Crippen LogP contribution in [0.4, 0.5) is 5.13 Å². The van der Waals surface area contributed by atoms with Crippen LogP contribution in [0.2, 0.25) is 0 Å². The summed E-state index contributed by atoms with van der Waals surface area (Å²) < 4.78 is 0. The molecule has 0 fully saturated rings. The number of nitrogens with one attached hydrogen (secondary N) is 1. The fourth-order valence-electron chi connectivity index (χ4n) is 1.96. The summed E-state index contributed by atoms with van der Waals surface area (Å²) in [6.45, 7) is 18.4. The molecule has 0 radical (unpaired) electrons. The van der Waals surface area contributed by atoms with Gasteiger partial charge in [-0.1, -0.05) is 30.8 Å². The molecule has 3 nitrogen and oxygen atoms in total. The van der Waals surface area contributed by atoms with E-state index in [1.54, 1.807) is 11.3 Å². The Bertz CT molecular complexity index is 451. The van der Waals surface area contributed by atoms with Gasteiger partial charge in [-0.25, -0.2) is 4.98 Å². The second kappa shape index (κ2) is 7.95. The number of anilines is 1. The quantitative estimate of drug-likeness (QED) is 0.808. The summed E-state index contributed by atoms with van der Waals surface area (Å²) in [6, 6.07) is 0. The van der Waals surface area contributed by atoms with E-state index in [9.17, 15) is 0 Å². The van der Waals surface area contributed by atoms with Gasteiger partial charge < -0.3 is 10.2 Å². The Hall–Kier alpha value is -0.870. The number of thiazole rings is 1. The minimum absolute atomic E-state index is 0.147. The van der Waals surface area contributed by atoms with Crippen molar-refractivity contribution in [2.24, 2.45) is 5.92 Å². The Labute approximate surface area is 134 Å². The minimum Gasteiger partial charge on any atom is -0.349 e. The van der Waals surface area contributed by atoms with Crippen LogP contribution < -0.4 is 10.2 Å². The predicted octanol–water partition coefficient (Wildman–Crippen LogP) is 4.42. The van der Waals surface area contributed by atoms with E-state index in [4.69, 9.17) is 0 Å². The molecule has 1 N–H and O–H groups in total. The maximum absolute atomic E-state index is 4.56. The van der Waals surface area contributed by atoms with Crippen LogP contribution in [0.15, 0.2) is 11.8 Å². The molecule has 0 spiro atoms. The van der Waals surface area contributed by atoms with Crippen LogP contribution in [-0.4, -0.2) is 30.2 Å². The topological polar surface area (TPSA) is 28.2 Å². The smallest absolute Gasteiger partial charge is 0.185 e. The van der Waals surface area contributed by atoms with Crippen LogP contribution in [0.1, 0.15) is 53.3 Å². The first-order chi connectivity index (χ1) is 9.76. The van der Waals surface area contributed by atoms with Crippen LogP contribution in [0.25, 0.3) is 6.08 Å². The number of aromatic nitrogens is 1. The van der Waals surface area contributed by atoms with Crippen molar-refractivity contribution >= 4 is 22.5 Å². The average Bonchev–Trinajstić information content (AvgIpc) is 2.83. The summed E-state index contributed by atoms with van der Waals surface area (Å²) in [7, 11) is 0. The first-order valence-electron chi connectivity index (χ1n) is 7.93. The molecule has 0 aliphatic rings. The van der Waals surface area contributed by atoms with Gasteiger partial charge in [-0.2, -0.15) is 0 Å². The third-order valence-electron chi connectivity index (χ3n) is 3.44. The Morgan fingerprint density at radius 2 is 1.95 bits per heavy atom. The lowest BCUT2D eigenvalue weighted by atomic mass is 10.0. The molecule has 120 valence electrons. The minimum atomic E-state index is 0.147. The van der Waals surface area contributed by atoms with E-state index in [2.05, 4.69) is 69.7 Å². The molecule has 1 rings (SSSR count). The monoisotopic (exact) mass is 309 g/mol. The lowest BCUT2D eigenvalue weighted by molar-refractivity contribution is 0.437. The summed E-state index contributed by atoms with van der Waals surface area (Å²) in [4.78, 5) is 8.10. The molecule has 0 amide bonds. The zero-order valence-corrected chi connectivity index (χ0v) is 15.5. The van der Waals surface area contributed by atoms with E-state index in [-0.39, 0.29) is 5.54 Å². The fraction of sp³-hybridized carbons (Fsp3) is 0.706. The Kier molecular flexibility index (Phi) is 6.88. The zero-order chi connectivity index (χ0) is 16.0. The van der Waals surface area contributed by atoms with Gasteiger partial charge in [-0.3, -0.25) is 0 Å². The first-order valence-corrected chi connectivity index (χ1v) is 8.74. The standard InChI is InChI=1S/C17H31N3S/c1-8-20(9-2)16-18-12-15(21-16)10-14(13(3)4)11-19-17(5,6)7/h10,12-13,19H,8-9,11H2,1-7H3. The van der Waals surface area contributed by atoms with Gasteiger partial charge in [0.25, 0.3) is 0 Å². The van der Waals surface area contributed by atoms with E-state index < -0.39 is 0 Å². The van der Waals surface area contributed by atoms with Crippen molar-refractivity contribution in [1.29, 1.82) is 0 Å². The Balaban J connectivity index is 2.86. The van der Waals surface area contributed by atoms with Crippen molar-refractivity contribution in [3.05, 3.63) is 16.6 Å². The summed E-state index contributed by atoms with van der Waals surface area (Å²) in [5, 5.41) is 4.70. The van der Waals surface area contributed by atoms with E-state index in [0.717, 1.165) is 24.8 Å². The van der Waals surface area contributed by atoms with Crippen molar-refractivity contribution < 1.29 is 0 Å². The van der Waals surface area contributed by atoms with E-state index in [0.29, 0.717) is 5.92 Å². The molecule has 0 aliphatic heterocycles. The summed E-state index contributed by atoms with van der Waals surface area (Å²) in [5.41, 5.74) is 1.58. The molecule has 21 heavy (non-hydrogen) atoms. The largest absolute Gasteiger partial charge is 0.349 e. The highest BCUT2D eigenvalue weighted by molar-refractivity contribution is 7.16. The third-order valence-corrected chi connectivity index (χ3v) is 4.44. The Morgan fingerprint density at radius 1 is 1.33 bits per heavy atom. The van der Waals surface area contributed by atoms with Gasteiger partial charge in [0.15, 0.2) is 5.13 Å². The van der Waals surface area contributed by atoms with Gasteiger partial charge >= 0.3 is 0 Å². The number of hydrogen-bond acceptors (Lipinski definition) is 4. The van der Waals surface area contributed by atoms with E-state index in [1.807, 2.05) is 6.20 Å². The van der Waals surface area contributed by atoms with Gasteiger partial charge in [0.1, 0.15) is 0 Å². The van der Waals surface area contributed by atoms with Crippen molar-refractivity contribution in [2.75, 3.05) is 24.5 Å². The molecule has 0 saturated heterocycles. The molecule has 0 aromatic carbocycles. The second-order valence-electron chi connectivity index (χ2n) is 6.70. The summed E-state index contributed by atoms with van der Waals surface area (Å²) in [6.07, 6.45) is 4.30. The van der Waals surface area contributed by atoms with Gasteiger partial charge in [0.05, 0.1) is 0 Å². The zero-order valence-electron chi connectivity index (χ0n) is 14.7. The number of hydrogen-bond donors (Lipinski definition) is 1. The van der Waals surface area contributed by atoms with Crippen molar-refractivity contribution in [3.63, 3.8) is 0 Å². The summed E-state index contributed by atoms with van der Waals surface area (Å²) in [5.74, 6) is 0.541. The molecule has 0 bridgehead atoms. The van der Waals surface area contributed by atoms with Crippen LogP contribution in [0.5, 0.6) is 0 Å². The van der Waals surface area contributed by atoms with E-state index >= 15 is 0 Å². The molecular formula is C17H31N3S. The van der Waals surface area contributed by atoms with Crippen molar-refractivity contribution in [2.45, 2.75) is 54.0 Å². The normalized spacial score (nSPS) is 13.0. The first kappa shape index (κ1) is 18.2. The maximum Gasteiger partial charge on any atom is 0.185 e. The van der Waals surface area contributed by atoms with Crippen LogP contribution >= 0.6 is 11.3 Å². The molecule has 4 heteroatoms. The van der Waals surface area contributed by atoms with Crippen molar-refractivity contribution in [1.82, 2.24) is 10.3 Å². The lowest BCUT2D eigenvalue weighted by Crippen LogP contribution is -2.37. The van der Waals surface area contributed by atoms with Gasteiger partial charge in [0.2, 0.25) is 0 Å². The van der Waals surface area contributed by atoms with Gasteiger partial charge in [-0.05, 0) is 46.6 Å². The molecule has 1 heterocycles. The fourth-order valence-corrected chi connectivity index (χ4v) is 2.98. The maximum atomic E-state index is 4.56. The lowest BCUT2D eigenvalue weighted by Gasteiger charge is -2.23. The molecule has 1 aromatic heterocycles. The molecular weight excluding hydrogens is 278 g/mol. The summed E-state index contributed by atoms with van der Waals surface area (Å²) >= 11 is 1.78. The van der Waals surface area contributed by atoms with E-state index in [1.165, 1.54) is 10.5 Å². The highest BCUT2D eigenvalue weighted by Crippen LogP contribution is 2.25. The van der Waals surface area contributed by atoms with Gasteiger partial charge in [0, 0.05) is 36.2 Å². The molecule has 0 aliphatic carbocycles. The molecule has 0 saturated carbocycles. The van der Waals surface area contributed by atoms with Crippen LogP contribution in [0, 0.1) is 5.92 Å². The number of nitrogens with zero attached hydrogens (tertiary/aromatic N) is 2. The predicted molar refractivity (Wildman–Crippen MR) is 96.2 cm³/mol. The third kappa shape index (κ3) is 6.18. The molecule has 0 atom stereocenters.